The zero-order valence-electron chi connectivity index (χ0n) is 9.17. The van der Waals surface area contributed by atoms with Gasteiger partial charge < -0.3 is 11.1 Å². The zero-order valence-corrected chi connectivity index (χ0v) is 10.8. The van der Waals surface area contributed by atoms with Crippen LogP contribution in [-0.2, 0) is 0 Å². The molecule has 1 aromatic carbocycles. The first kappa shape index (κ1) is 11.9. The van der Waals surface area contributed by atoms with Gasteiger partial charge in [-0.1, -0.05) is 0 Å². The summed E-state index contributed by atoms with van der Waals surface area (Å²) < 4.78 is 13.9. The van der Waals surface area contributed by atoms with E-state index < -0.39 is 0 Å². The average Bonchev–Trinajstić information content (AvgIpc) is 2.28. The van der Waals surface area contributed by atoms with E-state index in [1.165, 1.54) is 6.07 Å². The van der Waals surface area contributed by atoms with Crippen molar-refractivity contribution in [3.63, 3.8) is 0 Å². The second-order valence-electron chi connectivity index (χ2n) is 3.67. The topological polar surface area (TPSA) is 50.9 Å². The Bertz CT molecular complexity index is 537. The van der Waals surface area contributed by atoms with Crippen molar-refractivity contribution in [3.05, 3.63) is 46.4 Å². The Morgan fingerprint density at radius 3 is 2.76 bits per heavy atom. The molecule has 3 N–H and O–H groups in total. The highest BCUT2D eigenvalue weighted by Gasteiger charge is 2.06. The number of pyridine rings is 1. The van der Waals surface area contributed by atoms with E-state index in [-0.39, 0.29) is 5.82 Å². The Kier molecular flexibility index (Phi) is 3.28. The fourth-order valence-corrected chi connectivity index (χ4v) is 1.89. The summed E-state index contributed by atoms with van der Waals surface area (Å²) in [6, 6.07) is 4.80. The standard InChI is InChI=1S/C12H11BrFN3/c1-7-4-8(2-3-10(7)14)17-12-9(13)5-16-6-11(12)15/h2-6H,15H2,1H3,(H,16,17). The van der Waals surface area contributed by atoms with Crippen molar-refractivity contribution in [3.8, 4) is 0 Å². The summed E-state index contributed by atoms with van der Waals surface area (Å²) in [7, 11) is 0. The van der Waals surface area contributed by atoms with Crippen molar-refractivity contribution in [1.29, 1.82) is 0 Å². The van der Waals surface area contributed by atoms with Crippen molar-refractivity contribution in [1.82, 2.24) is 4.98 Å². The molecular formula is C12H11BrFN3. The van der Waals surface area contributed by atoms with Crippen LogP contribution in [0.1, 0.15) is 5.56 Å². The summed E-state index contributed by atoms with van der Waals surface area (Å²) in [5.74, 6) is -0.225. The number of hydrogen-bond acceptors (Lipinski definition) is 3. The molecule has 0 radical (unpaired) electrons. The molecule has 0 bridgehead atoms. The average molecular weight is 296 g/mol. The van der Waals surface area contributed by atoms with Gasteiger partial charge in [0.25, 0.3) is 0 Å². The van der Waals surface area contributed by atoms with E-state index in [4.69, 9.17) is 5.73 Å². The van der Waals surface area contributed by atoms with Crippen LogP contribution >= 0.6 is 15.9 Å². The van der Waals surface area contributed by atoms with Crippen LogP contribution in [0.25, 0.3) is 0 Å². The number of halogens is 2. The van der Waals surface area contributed by atoms with Gasteiger partial charge in [-0.25, -0.2) is 4.39 Å². The summed E-state index contributed by atoms with van der Waals surface area (Å²) in [4.78, 5) is 3.95. The number of nitrogens with two attached hydrogens (primary N) is 1. The first-order chi connectivity index (χ1) is 8.08. The van der Waals surface area contributed by atoms with E-state index in [0.29, 0.717) is 11.3 Å². The van der Waals surface area contributed by atoms with Gasteiger partial charge in [0, 0.05) is 11.9 Å². The Hall–Kier alpha value is -1.62. The molecule has 0 aliphatic rings. The van der Waals surface area contributed by atoms with Crippen LogP contribution in [0.15, 0.2) is 35.1 Å². The Morgan fingerprint density at radius 1 is 1.35 bits per heavy atom. The summed E-state index contributed by atoms with van der Waals surface area (Å²) >= 11 is 3.36. The number of benzene rings is 1. The number of aromatic nitrogens is 1. The highest BCUT2D eigenvalue weighted by molar-refractivity contribution is 9.10. The maximum absolute atomic E-state index is 13.1. The molecule has 17 heavy (non-hydrogen) atoms. The monoisotopic (exact) mass is 295 g/mol. The first-order valence-corrected chi connectivity index (χ1v) is 5.79. The molecular weight excluding hydrogens is 285 g/mol. The van der Waals surface area contributed by atoms with Gasteiger partial charge in [0.1, 0.15) is 5.82 Å². The third kappa shape index (κ3) is 2.55. The Labute approximate surface area is 107 Å². The number of aryl methyl sites for hydroxylation is 1. The van der Waals surface area contributed by atoms with E-state index in [1.54, 1.807) is 31.5 Å². The number of rotatable bonds is 2. The fraction of sp³-hybridized carbons (Fsp3) is 0.0833. The fourth-order valence-electron chi connectivity index (χ4n) is 1.45. The lowest BCUT2D eigenvalue weighted by molar-refractivity contribution is 0.619. The van der Waals surface area contributed by atoms with E-state index in [1.807, 2.05) is 0 Å². The van der Waals surface area contributed by atoms with Crippen molar-refractivity contribution in [2.75, 3.05) is 11.1 Å². The molecule has 1 heterocycles. The third-order valence-corrected chi connectivity index (χ3v) is 2.96. The van der Waals surface area contributed by atoms with Crippen molar-refractivity contribution in [2.45, 2.75) is 6.92 Å². The van der Waals surface area contributed by atoms with Crippen molar-refractivity contribution >= 4 is 33.0 Å². The molecule has 0 aliphatic heterocycles. The summed E-state index contributed by atoms with van der Waals surface area (Å²) in [6.07, 6.45) is 3.21. The van der Waals surface area contributed by atoms with Gasteiger partial charge in [0.2, 0.25) is 0 Å². The number of nitrogen functional groups attached to an aromatic ring is 1. The lowest BCUT2D eigenvalue weighted by Gasteiger charge is -2.11. The molecule has 0 saturated carbocycles. The molecule has 5 heteroatoms. The minimum absolute atomic E-state index is 0.225. The Balaban J connectivity index is 2.35. The molecule has 0 atom stereocenters. The first-order valence-electron chi connectivity index (χ1n) is 5.00. The minimum atomic E-state index is -0.225. The van der Waals surface area contributed by atoms with Crippen LogP contribution in [-0.4, -0.2) is 4.98 Å². The number of hydrogen-bond donors (Lipinski definition) is 2. The number of anilines is 3. The lowest BCUT2D eigenvalue weighted by Crippen LogP contribution is -1.98. The van der Waals surface area contributed by atoms with Gasteiger partial charge in [-0.2, -0.15) is 0 Å². The van der Waals surface area contributed by atoms with Crippen LogP contribution in [0.4, 0.5) is 21.5 Å². The third-order valence-electron chi connectivity index (χ3n) is 2.36. The van der Waals surface area contributed by atoms with Crippen LogP contribution < -0.4 is 11.1 Å². The maximum Gasteiger partial charge on any atom is 0.126 e. The molecule has 3 nitrogen and oxygen atoms in total. The molecule has 0 saturated heterocycles. The number of nitrogens with one attached hydrogen (secondary N) is 1. The van der Waals surface area contributed by atoms with Crippen molar-refractivity contribution < 1.29 is 4.39 Å². The largest absolute Gasteiger partial charge is 0.396 e. The zero-order chi connectivity index (χ0) is 12.4. The van der Waals surface area contributed by atoms with Gasteiger partial charge in [0.15, 0.2) is 0 Å². The van der Waals surface area contributed by atoms with E-state index in [2.05, 4.69) is 26.2 Å². The SMILES string of the molecule is Cc1cc(Nc2c(N)cncc2Br)ccc1F. The molecule has 2 rings (SSSR count). The maximum atomic E-state index is 13.1. The molecule has 0 fully saturated rings. The van der Waals surface area contributed by atoms with E-state index in [9.17, 15) is 4.39 Å². The van der Waals surface area contributed by atoms with E-state index in [0.717, 1.165) is 15.8 Å². The molecule has 2 aromatic rings. The van der Waals surface area contributed by atoms with Gasteiger partial charge in [-0.15, -0.1) is 0 Å². The predicted octanol–water partition coefficient (Wildman–Crippen LogP) is 3.62. The molecule has 0 unspecified atom stereocenters. The van der Waals surface area contributed by atoms with E-state index >= 15 is 0 Å². The second-order valence-corrected chi connectivity index (χ2v) is 4.53. The smallest absolute Gasteiger partial charge is 0.126 e. The highest BCUT2D eigenvalue weighted by atomic mass is 79.9. The lowest BCUT2D eigenvalue weighted by atomic mass is 10.2. The van der Waals surface area contributed by atoms with Gasteiger partial charge in [-0.3, -0.25) is 4.98 Å². The van der Waals surface area contributed by atoms with Gasteiger partial charge in [0.05, 0.1) is 22.0 Å². The minimum Gasteiger partial charge on any atom is -0.396 e. The second kappa shape index (κ2) is 4.71. The van der Waals surface area contributed by atoms with Crippen LogP contribution in [0.2, 0.25) is 0 Å². The van der Waals surface area contributed by atoms with Crippen LogP contribution in [0.3, 0.4) is 0 Å². The molecule has 0 spiro atoms. The quantitative estimate of drug-likeness (QED) is 0.890. The Morgan fingerprint density at radius 2 is 2.12 bits per heavy atom. The molecule has 0 aliphatic carbocycles. The number of nitrogens with zero attached hydrogens (tertiary/aromatic N) is 1. The summed E-state index contributed by atoms with van der Waals surface area (Å²) in [5, 5.41) is 3.13. The summed E-state index contributed by atoms with van der Waals surface area (Å²) in [5.41, 5.74) is 8.43. The van der Waals surface area contributed by atoms with Gasteiger partial charge >= 0.3 is 0 Å². The molecule has 1 aromatic heterocycles. The molecule has 88 valence electrons. The molecule has 0 amide bonds. The normalized spacial score (nSPS) is 10.3. The van der Waals surface area contributed by atoms with Gasteiger partial charge in [-0.05, 0) is 46.6 Å². The van der Waals surface area contributed by atoms with Crippen molar-refractivity contribution in [2.24, 2.45) is 0 Å². The van der Waals surface area contributed by atoms with Crippen LogP contribution in [0.5, 0.6) is 0 Å². The highest BCUT2D eigenvalue weighted by Crippen LogP contribution is 2.30. The summed E-state index contributed by atoms with van der Waals surface area (Å²) in [6.45, 7) is 1.71. The van der Waals surface area contributed by atoms with Crippen LogP contribution in [0, 0.1) is 12.7 Å². The predicted molar refractivity (Wildman–Crippen MR) is 70.8 cm³/mol.